The summed E-state index contributed by atoms with van der Waals surface area (Å²) in [5.41, 5.74) is 3.36. The van der Waals surface area contributed by atoms with Gasteiger partial charge in [0.25, 0.3) is 5.56 Å². The first-order chi connectivity index (χ1) is 14.8. The lowest BCUT2D eigenvalue weighted by Gasteiger charge is -2.19. The summed E-state index contributed by atoms with van der Waals surface area (Å²) in [6.45, 7) is 1.92. The summed E-state index contributed by atoms with van der Waals surface area (Å²) in [5.74, 6) is 0.236. The van der Waals surface area contributed by atoms with Crippen LogP contribution in [0.4, 0.5) is 11.4 Å². The Hall–Kier alpha value is -3.57. The van der Waals surface area contributed by atoms with Gasteiger partial charge in [-0.05, 0) is 31.2 Å². The van der Waals surface area contributed by atoms with Crippen LogP contribution in [0.3, 0.4) is 0 Å². The molecule has 3 aromatic rings. The summed E-state index contributed by atoms with van der Waals surface area (Å²) in [4.78, 5) is 34.0. The monoisotopic (exact) mass is 431 g/mol. The lowest BCUT2D eigenvalue weighted by Crippen LogP contribution is -2.27. The molecule has 0 saturated carbocycles. The summed E-state index contributed by atoms with van der Waals surface area (Å²) < 4.78 is 1.45. The number of anilines is 2. The van der Waals surface area contributed by atoms with Gasteiger partial charge >= 0.3 is 0 Å². The van der Waals surface area contributed by atoms with Crippen LogP contribution in [0.1, 0.15) is 5.56 Å². The number of aromatic nitrogens is 2. The van der Waals surface area contributed by atoms with Crippen molar-refractivity contribution in [2.24, 2.45) is 7.05 Å². The molecule has 156 valence electrons. The number of aryl methyl sites for hydroxylation is 1. The molecule has 0 bridgehead atoms. The minimum Gasteiger partial charge on any atom is -0.328 e. The lowest BCUT2D eigenvalue weighted by atomic mass is 10.2. The molecule has 7 nitrogen and oxygen atoms in total. The SMILES string of the molecule is Cc1ccc2nc(SCC(=O)C(C#N)=C3N(C)c4ccccc4N3C)n(C)c(=O)c2c1. The van der Waals surface area contributed by atoms with Gasteiger partial charge in [0.15, 0.2) is 10.9 Å². The Labute approximate surface area is 184 Å². The van der Waals surface area contributed by atoms with Crippen molar-refractivity contribution < 1.29 is 4.79 Å². The first-order valence-electron chi connectivity index (χ1n) is 9.67. The molecule has 0 N–H and O–H groups in total. The second-order valence-electron chi connectivity index (χ2n) is 7.41. The molecule has 0 fully saturated rings. The predicted octanol–water partition coefficient (Wildman–Crippen LogP) is 3.22. The smallest absolute Gasteiger partial charge is 0.261 e. The molecule has 1 aliphatic heterocycles. The molecule has 0 saturated heterocycles. The topological polar surface area (TPSA) is 82.2 Å². The van der Waals surface area contributed by atoms with Crippen molar-refractivity contribution in [3.8, 4) is 6.07 Å². The van der Waals surface area contributed by atoms with Gasteiger partial charge in [0, 0.05) is 21.1 Å². The Morgan fingerprint density at radius 3 is 2.35 bits per heavy atom. The van der Waals surface area contributed by atoms with Crippen LogP contribution in [0.15, 0.2) is 63.8 Å². The quantitative estimate of drug-likeness (QED) is 0.271. The lowest BCUT2D eigenvalue weighted by molar-refractivity contribution is -0.112. The van der Waals surface area contributed by atoms with Crippen molar-refractivity contribution in [3.63, 3.8) is 0 Å². The molecule has 0 aliphatic carbocycles. The van der Waals surface area contributed by atoms with Crippen molar-refractivity contribution in [1.82, 2.24) is 9.55 Å². The van der Waals surface area contributed by atoms with E-state index in [0.29, 0.717) is 21.9 Å². The molecular formula is C23H21N5O2S. The summed E-state index contributed by atoms with van der Waals surface area (Å²) in [7, 11) is 5.32. The first-order valence-corrected chi connectivity index (χ1v) is 10.7. The fraction of sp³-hybridized carbons (Fsp3) is 0.217. The van der Waals surface area contributed by atoms with Gasteiger partial charge in [-0.2, -0.15) is 5.26 Å². The summed E-state index contributed by atoms with van der Waals surface area (Å²) in [6.07, 6.45) is 0. The average Bonchev–Trinajstić information content (AvgIpc) is 3.02. The number of carbonyl (C=O) groups is 1. The Bertz CT molecular complexity index is 1320. The van der Waals surface area contributed by atoms with Gasteiger partial charge in [-0.25, -0.2) is 4.98 Å². The van der Waals surface area contributed by atoms with Crippen LogP contribution < -0.4 is 15.4 Å². The van der Waals surface area contributed by atoms with Crippen molar-refractivity contribution in [2.45, 2.75) is 12.1 Å². The maximum absolute atomic E-state index is 13.0. The highest BCUT2D eigenvalue weighted by atomic mass is 32.2. The predicted molar refractivity (Wildman–Crippen MR) is 123 cm³/mol. The van der Waals surface area contributed by atoms with E-state index in [-0.39, 0.29) is 22.7 Å². The number of thioether (sulfide) groups is 1. The van der Waals surface area contributed by atoms with Gasteiger partial charge in [0.2, 0.25) is 0 Å². The molecule has 0 amide bonds. The molecule has 2 heterocycles. The van der Waals surface area contributed by atoms with E-state index in [1.165, 1.54) is 4.57 Å². The van der Waals surface area contributed by atoms with E-state index in [0.717, 1.165) is 28.7 Å². The molecule has 1 aliphatic rings. The molecule has 4 rings (SSSR count). The Morgan fingerprint density at radius 2 is 1.74 bits per heavy atom. The largest absolute Gasteiger partial charge is 0.328 e. The van der Waals surface area contributed by atoms with Gasteiger partial charge in [-0.15, -0.1) is 0 Å². The number of Topliss-reactive ketones (excluding diaryl/α,β-unsaturated/α-hetero) is 1. The zero-order valence-corrected chi connectivity index (χ0v) is 18.5. The molecular weight excluding hydrogens is 410 g/mol. The van der Waals surface area contributed by atoms with Gasteiger partial charge in [-0.1, -0.05) is 35.5 Å². The highest BCUT2D eigenvalue weighted by Crippen LogP contribution is 2.40. The molecule has 0 spiro atoms. The number of ketones is 1. The third-order valence-electron chi connectivity index (χ3n) is 5.38. The van der Waals surface area contributed by atoms with Gasteiger partial charge in [0.1, 0.15) is 17.5 Å². The maximum atomic E-state index is 13.0. The number of para-hydroxylation sites is 2. The number of allylic oxidation sites excluding steroid dienone is 1. The van der Waals surface area contributed by atoms with Crippen LogP contribution in [0.25, 0.3) is 10.9 Å². The molecule has 0 unspecified atom stereocenters. The van der Waals surface area contributed by atoms with Gasteiger partial charge in [-0.3, -0.25) is 14.2 Å². The standard InChI is InChI=1S/C23H21N5O2S/c1-14-9-10-17-15(11-14)22(30)28(4)23(25-17)31-13-20(29)16(12-24)21-26(2)18-7-5-6-8-19(18)27(21)3/h5-11H,13H2,1-4H3. The van der Waals surface area contributed by atoms with E-state index in [4.69, 9.17) is 0 Å². The minimum absolute atomic E-state index is 0.00205. The third kappa shape index (κ3) is 3.47. The van der Waals surface area contributed by atoms with Gasteiger partial charge in [0.05, 0.1) is 28.0 Å². The first kappa shape index (κ1) is 20.7. The zero-order valence-electron chi connectivity index (χ0n) is 17.7. The fourth-order valence-corrected chi connectivity index (χ4v) is 4.60. The second kappa shape index (κ2) is 7.93. The summed E-state index contributed by atoms with van der Waals surface area (Å²) in [5, 5.41) is 10.8. The number of nitriles is 1. The third-order valence-corrected chi connectivity index (χ3v) is 6.41. The molecule has 0 radical (unpaired) electrons. The number of nitrogens with zero attached hydrogens (tertiary/aromatic N) is 5. The molecule has 8 heteroatoms. The van der Waals surface area contributed by atoms with E-state index in [1.54, 1.807) is 13.1 Å². The Balaban J connectivity index is 1.64. The van der Waals surface area contributed by atoms with Crippen molar-refractivity contribution in [1.29, 1.82) is 5.26 Å². The Morgan fingerprint density at radius 1 is 1.10 bits per heavy atom. The molecule has 31 heavy (non-hydrogen) atoms. The Kier molecular flexibility index (Phi) is 5.29. The number of rotatable bonds is 4. The molecule has 2 aromatic carbocycles. The van der Waals surface area contributed by atoms with E-state index in [2.05, 4.69) is 11.1 Å². The highest BCUT2D eigenvalue weighted by Gasteiger charge is 2.31. The second-order valence-corrected chi connectivity index (χ2v) is 8.35. The van der Waals surface area contributed by atoms with Crippen LogP contribution in [-0.4, -0.2) is 35.2 Å². The number of fused-ring (bicyclic) bond motifs is 2. The van der Waals surface area contributed by atoms with Crippen LogP contribution in [0, 0.1) is 18.3 Å². The molecule has 0 atom stereocenters. The molecule has 1 aromatic heterocycles. The average molecular weight is 432 g/mol. The van der Waals surface area contributed by atoms with Crippen molar-refractivity contribution >= 4 is 39.8 Å². The normalized spacial score (nSPS) is 12.8. The van der Waals surface area contributed by atoms with Crippen molar-refractivity contribution in [2.75, 3.05) is 29.6 Å². The van der Waals surface area contributed by atoms with Crippen LogP contribution in [0.2, 0.25) is 0 Å². The van der Waals surface area contributed by atoms with E-state index in [9.17, 15) is 14.9 Å². The van der Waals surface area contributed by atoms with Crippen molar-refractivity contribution in [3.05, 3.63) is 69.8 Å². The van der Waals surface area contributed by atoms with E-state index in [1.807, 2.05) is 67.2 Å². The number of hydrogen-bond acceptors (Lipinski definition) is 7. The van der Waals surface area contributed by atoms with Crippen LogP contribution in [-0.2, 0) is 11.8 Å². The van der Waals surface area contributed by atoms with E-state index >= 15 is 0 Å². The summed E-state index contributed by atoms with van der Waals surface area (Å²) >= 11 is 1.16. The zero-order chi connectivity index (χ0) is 22.3. The maximum Gasteiger partial charge on any atom is 0.261 e. The van der Waals surface area contributed by atoms with Gasteiger partial charge < -0.3 is 9.80 Å². The van der Waals surface area contributed by atoms with E-state index < -0.39 is 0 Å². The fourth-order valence-electron chi connectivity index (χ4n) is 3.75. The number of carbonyl (C=O) groups excluding carboxylic acids is 1. The highest BCUT2D eigenvalue weighted by molar-refractivity contribution is 7.99. The van der Waals surface area contributed by atoms with Crippen LogP contribution in [0.5, 0.6) is 0 Å². The number of benzene rings is 2. The number of hydrogen-bond donors (Lipinski definition) is 0. The minimum atomic E-state index is -0.313. The summed E-state index contributed by atoms with van der Waals surface area (Å²) in [6, 6.07) is 15.3. The van der Waals surface area contributed by atoms with Crippen LogP contribution >= 0.6 is 11.8 Å².